The molecule has 3 heterocycles. The Morgan fingerprint density at radius 1 is 1.48 bits per heavy atom. The molecule has 6 nitrogen and oxygen atoms in total. The minimum absolute atomic E-state index is 0.275. The standard InChI is InChI=1S/C14H14N2O4S/c1-8-4-5-11(20-8)12-15-9(7-21-12)13(17)16-6-2-3-10(16)14(18)19/h4-5,7,10H,2-3,6H2,1H3,(H,18,19)/t10-/m1/s1. The Balaban J connectivity index is 1.83. The third-order valence-corrected chi connectivity index (χ3v) is 4.33. The summed E-state index contributed by atoms with van der Waals surface area (Å²) < 4.78 is 5.48. The number of furan rings is 1. The van der Waals surface area contributed by atoms with Gasteiger partial charge in [-0.2, -0.15) is 0 Å². The van der Waals surface area contributed by atoms with E-state index in [0.29, 0.717) is 30.2 Å². The Bertz CT molecular complexity index is 691. The van der Waals surface area contributed by atoms with Crippen molar-refractivity contribution >= 4 is 23.2 Å². The molecule has 1 aliphatic heterocycles. The third-order valence-electron chi connectivity index (χ3n) is 3.47. The number of carboxylic acids is 1. The van der Waals surface area contributed by atoms with E-state index in [1.165, 1.54) is 16.2 Å². The molecule has 0 aliphatic carbocycles. The van der Waals surface area contributed by atoms with Crippen molar-refractivity contribution < 1.29 is 19.1 Å². The molecule has 1 fully saturated rings. The second kappa shape index (κ2) is 5.33. The number of hydrogen-bond donors (Lipinski definition) is 1. The van der Waals surface area contributed by atoms with Crippen molar-refractivity contribution in [1.82, 2.24) is 9.88 Å². The Kier molecular flexibility index (Phi) is 3.50. The van der Waals surface area contributed by atoms with Gasteiger partial charge in [0.15, 0.2) is 10.8 Å². The van der Waals surface area contributed by atoms with Crippen LogP contribution in [0, 0.1) is 6.92 Å². The van der Waals surface area contributed by atoms with Gasteiger partial charge in [0.25, 0.3) is 5.91 Å². The number of carbonyl (C=O) groups excluding carboxylic acids is 1. The molecule has 110 valence electrons. The average molecular weight is 306 g/mol. The number of carbonyl (C=O) groups is 2. The first-order chi connectivity index (χ1) is 10.1. The second-order valence-corrected chi connectivity index (χ2v) is 5.80. The molecular weight excluding hydrogens is 292 g/mol. The predicted octanol–water partition coefficient (Wildman–Crippen LogP) is 2.40. The number of hydrogen-bond acceptors (Lipinski definition) is 5. The summed E-state index contributed by atoms with van der Waals surface area (Å²) in [7, 11) is 0. The number of aliphatic carboxylic acids is 1. The molecule has 1 saturated heterocycles. The van der Waals surface area contributed by atoms with E-state index in [1.807, 2.05) is 13.0 Å². The van der Waals surface area contributed by atoms with Gasteiger partial charge in [0, 0.05) is 11.9 Å². The summed E-state index contributed by atoms with van der Waals surface area (Å²) in [6, 6.07) is 2.89. The lowest BCUT2D eigenvalue weighted by atomic mass is 10.2. The molecule has 0 saturated carbocycles. The van der Waals surface area contributed by atoms with Gasteiger partial charge in [-0.1, -0.05) is 0 Å². The fourth-order valence-corrected chi connectivity index (χ4v) is 3.20. The largest absolute Gasteiger partial charge is 0.480 e. The lowest BCUT2D eigenvalue weighted by Crippen LogP contribution is -2.40. The highest BCUT2D eigenvalue weighted by molar-refractivity contribution is 7.13. The van der Waals surface area contributed by atoms with E-state index in [1.54, 1.807) is 11.4 Å². The molecule has 0 bridgehead atoms. The summed E-state index contributed by atoms with van der Waals surface area (Å²) in [4.78, 5) is 29.2. The van der Waals surface area contributed by atoms with Gasteiger partial charge < -0.3 is 14.4 Å². The molecule has 0 spiro atoms. The van der Waals surface area contributed by atoms with Crippen LogP contribution < -0.4 is 0 Å². The van der Waals surface area contributed by atoms with Crippen LogP contribution in [0.15, 0.2) is 21.9 Å². The van der Waals surface area contributed by atoms with Crippen molar-refractivity contribution in [2.75, 3.05) is 6.54 Å². The average Bonchev–Trinajstić information content (AvgIpc) is 3.17. The zero-order valence-corrected chi connectivity index (χ0v) is 12.2. The first-order valence-corrected chi connectivity index (χ1v) is 7.50. The summed E-state index contributed by atoms with van der Waals surface area (Å²) in [5, 5.41) is 11.4. The summed E-state index contributed by atoms with van der Waals surface area (Å²) in [6.07, 6.45) is 1.20. The summed E-state index contributed by atoms with van der Waals surface area (Å²) >= 11 is 1.31. The maximum Gasteiger partial charge on any atom is 0.326 e. The van der Waals surface area contributed by atoms with Gasteiger partial charge in [0.05, 0.1) is 0 Å². The number of carboxylic acid groups (broad SMARTS) is 1. The fourth-order valence-electron chi connectivity index (χ4n) is 2.45. The number of thiazole rings is 1. The molecular formula is C14H14N2O4S. The highest BCUT2D eigenvalue weighted by Crippen LogP contribution is 2.27. The first kappa shape index (κ1) is 13.8. The molecule has 2 aromatic heterocycles. The van der Waals surface area contributed by atoms with Crippen molar-refractivity contribution in [3.05, 3.63) is 29.0 Å². The minimum atomic E-state index is -0.960. The second-order valence-electron chi connectivity index (χ2n) is 4.94. The van der Waals surface area contributed by atoms with Crippen molar-refractivity contribution in [1.29, 1.82) is 0 Å². The van der Waals surface area contributed by atoms with Crippen molar-refractivity contribution in [2.24, 2.45) is 0 Å². The number of amides is 1. The molecule has 1 N–H and O–H groups in total. The van der Waals surface area contributed by atoms with E-state index >= 15 is 0 Å². The van der Waals surface area contributed by atoms with E-state index in [-0.39, 0.29) is 11.6 Å². The normalized spacial score (nSPS) is 18.1. The van der Waals surface area contributed by atoms with Crippen LogP contribution in [-0.2, 0) is 4.79 Å². The third kappa shape index (κ3) is 2.56. The van der Waals surface area contributed by atoms with Crippen LogP contribution in [0.4, 0.5) is 0 Å². The maximum atomic E-state index is 12.4. The minimum Gasteiger partial charge on any atom is -0.480 e. The molecule has 1 amide bonds. The van der Waals surface area contributed by atoms with Gasteiger partial charge in [-0.3, -0.25) is 4.79 Å². The van der Waals surface area contributed by atoms with Crippen molar-refractivity contribution in [3.8, 4) is 10.8 Å². The van der Waals surface area contributed by atoms with Crippen LogP contribution >= 0.6 is 11.3 Å². The SMILES string of the molecule is Cc1ccc(-c2nc(C(=O)N3CCC[C@@H]3C(=O)O)cs2)o1. The van der Waals surface area contributed by atoms with E-state index in [2.05, 4.69) is 4.98 Å². The Labute approximate surface area is 125 Å². The van der Waals surface area contributed by atoms with Gasteiger partial charge in [0.1, 0.15) is 17.5 Å². The molecule has 0 radical (unpaired) electrons. The lowest BCUT2D eigenvalue weighted by molar-refractivity contribution is -0.141. The molecule has 1 atom stereocenters. The zero-order valence-electron chi connectivity index (χ0n) is 11.4. The lowest BCUT2D eigenvalue weighted by Gasteiger charge is -2.20. The van der Waals surface area contributed by atoms with E-state index in [4.69, 9.17) is 9.52 Å². The smallest absolute Gasteiger partial charge is 0.326 e. The Morgan fingerprint density at radius 2 is 2.29 bits per heavy atom. The Hall–Kier alpha value is -2.15. The van der Waals surface area contributed by atoms with Gasteiger partial charge in [-0.25, -0.2) is 9.78 Å². The topological polar surface area (TPSA) is 83.6 Å². The molecule has 7 heteroatoms. The van der Waals surface area contributed by atoms with Crippen LogP contribution in [0.2, 0.25) is 0 Å². The summed E-state index contributed by atoms with van der Waals surface area (Å²) in [6.45, 7) is 2.30. The quantitative estimate of drug-likeness (QED) is 0.941. The number of aryl methyl sites for hydroxylation is 1. The van der Waals surface area contributed by atoms with Crippen LogP contribution in [0.5, 0.6) is 0 Å². The monoisotopic (exact) mass is 306 g/mol. The zero-order chi connectivity index (χ0) is 15.0. The highest BCUT2D eigenvalue weighted by Gasteiger charge is 2.35. The van der Waals surface area contributed by atoms with Crippen LogP contribution in [0.25, 0.3) is 10.8 Å². The summed E-state index contributed by atoms with van der Waals surface area (Å²) in [5.41, 5.74) is 0.275. The van der Waals surface area contributed by atoms with Crippen molar-refractivity contribution in [3.63, 3.8) is 0 Å². The Morgan fingerprint density at radius 3 is 2.95 bits per heavy atom. The molecule has 0 unspecified atom stereocenters. The van der Waals surface area contributed by atoms with E-state index < -0.39 is 12.0 Å². The van der Waals surface area contributed by atoms with E-state index in [9.17, 15) is 9.59 Å². The molecule has 3 rings (SSSR count). The van der Waals surface area contributed by atoms with Crippen LogP contribution in [0.3, 0.4) is 0 Å². The van der Waals surface area contributed by atoms with E-state index in [0.717, 1.165) is 5.76 Å². The molecule has 21 heavy (non-hydrogen) atoms. The van der Waals surface area contributed by atoms with Gasteiger partial charge >= 0.3 is 5.97 Å². The predicted molar refractivity (Wildman–Crippen MR) is 76.2 cm³/mol. The maximum absolute atomic E-state index is 12.4. The van der Waals surface area contributed by atoms with Crippen molar-refractivity contribution in [2.45, 2.75) is 25.8 Å². The van der Waals surface area contributed by atoms with Gasteiger partial charge in [0.2, 0.25) is 0 Å². The number of likely N-dealkylation sites (tertiary alicyclic amines) is 1. The number of rotatable bonds is 3. The fraction of sp³-hybridized carbons (Fsp3) is 0.357. The molecule has 2 aromatic rings. The molecule has 1 aliphatic rings. The first-order valence-electron chi connectivity index (χ1n) is 6.62. The van der Waals surface area contributed by atoms with Gasteiger partial charge in [-0.05, 0) is 31.9 Å². The number of nitrogens with zero attached hydrogens (tertiary/aromatic N) is 2. The highest BCUT2D eigenvalue weighted by atomic mass is 32.1. The number of aromatic nitrogens is 1. The van der Waals surface area contributed by atoms with Crippen LogP contribution in [-0.4, -0.2) is 39.5 Å². The van der Waals surface area contributed by atoms with Crippen LogP contribution in [0.1, 0.15) is 29.1 Å². The van der Waals surface area contributed by atoms with Gasteiger partial charge in [-0.15, -0.1) is 11.3 Å². The summed E-state index contributed by atoms with van der Waals surface area (Å²) in [5.74, 6) is 0.106. The molecule has 0 aromatic carbocycles.